The van der Waals surface area contributed by atoms with E-state index in [-0.39, 0.29) is 19.1 Å². The number of hydrogen-bond acceptors (Lipinski definition) is 2. The molecule has 0 spiro atoms. The van der Waals surface area contributed by atoms with Crippen LogP contribution in [0.5, 0.6) is 0 Å². The summed E-state index contributed by atoms with van der Waals surface area (Å²) in [5.41, 5.74) is 1.27. The molecule has 1 aliphatic carbocycles. The van der Waals surface area contributed by atoms with Crippen molar-refractivity contribution < 1.29 is 10.2 Å². The lowest BCUT2D eigenvalue weighted by Gasteiger charge is -2.25. The van der Waals surface area contributed by atoms with Gasteiger partial charge in [0.2, 0.25) is 0 Å². The van der Waals surface area contributed by atoms with Crippen LogP contribution in [0.3, 0.4) is 0 Å². The van der Waals surface area contributed by atoms with Gasteiger partial charge in [-0.25, -0.2) is 0 Å². The standard InChI is InChI=1S/C12H22O2/c1-2-3-10-4-6-11(7-5-10)12(8-13)9-14/h6,10,12-14H,2-5,7-9H2,1H3. The molecular formula is C12H22O2. The van der Waals surface area contributed by atoms with Gasteiger partial charge in [-0.15, -0.1) is 0 Å². The average molecular weight is 198 g/mol. The Balaban J connectivity index is 2.43. The molecule has 0 heterocycles. The highest BCUT2D eigenvalue weighted by molar-refractivity contribution is 5.10. The van der Waals surface area contributed by atoms with E-state index in [2.05, 4.69) is 13.0 Å². The van der Waals surface area contributed by atoms with Gasteiger partial charge >= 0.3 is 0 Å². The monoisotopic (exact) mass is 198 g/mol. The van der Waals surface area contributed by atoms with Gasteiger partial charge in [-0.1, -0.05) is 31.4 Å². The van der Waals surface area contributed by atoms with Crippen molar-refractivity contribution in [1.82, 2.24) is 0 Å². The van der Waals surface area contributed by atoms with Gasteiger partial charge in [0.05, 0.1) is 13.2 Å². The summed E-state index contributed by atoms with van der Waals surface area (Å²) in [5.74, 6) is 0.833. The van der Waals surface area contributed by atoms with E-state index in [9.17, 15) is 0 Å². The van der Waals surface area contributed by atoms with Crippen molar-refractivity contribution >= 4 is 0 Å². The third-order valence-corrected chi connectivity index (χ3v) is 3.22. The zero-order valence-electron chi connectivity index (χ0n) is 9.08. The molecule has 0 aromatic heterocycles. The normalized spacial score (nSPS) is 22.6. The molecule has 0 saturated heterocycles. The van der Waals surface area contributed by atoms with E-state index in [4.69, 9.17) is 10.2 Å². The molecule has 1 aliphatic rings. The first-order valence-corrected chi connectivity index (χ1v) is 5.72. The summed E-state index contributed by atoms with van der Waals surface area (Å²) in [6, 6.07) is 0. The van der Waals surface area contributed by atoms with Crippen LogP contribution in [-0.2, 0) is 0 Å². The number of aliphatic hydroxyl groups is 2. The van der Waals surface area contributed by atoms with E-state index in [0.717, 1.165) is 18.8 Å². The fourth-order valence-corrected chi connectivity index (χ4v) is 2.24. The Hall–Kier alpha value is -0.340. The van der Waals surface area contributed by atoms with Gasteiger partial charge in [0.15, 0.2) is 0 Å². The van der Waals surface area contributed by atoms with Crippen LogP contribution in [0, 0.1) is 11.8 Å². The Morgan fingerprint density at radius 3 is 2.57 bits per heavy atom. The smallest absolute Gasteiger partial charge is 0.0518 e. The molecule has 0 aromatic rings. The van der Waals surface area contributed by atoms with Crippen LogP contribution in [0.25, 0.3) is 0 Å². The van der Waals surface area contributed by atoms with Gasteiger partial charge in [-0.05, 0) is 25.2 Å². The van der Waals surface area contributed by atoms with Crippen LogP contribution < -0.4 is 0 Å². The zero-order valence-corrected chi connectivity index (χ0v) is 9.08. The first-order valence-electron chi connectivity index (χ1n) is 5.72. The third kappa shape index (κ3) is 3.10. The van der Waals surface area contributed by atoms with E-state index >= 15 is 0 Å². The summed E-state index contributed by atoms with van der Waals surface area (Å²) in [7, 11) is 0. The maximum Gasteiger partial charge on any atom is 0.0518 e. The second-order valence-electron chi connectivity index (χ2n) is 4.27. The highest BCUT2D eigenvalue weighted by Crippen LogP contribution is 2.30. The molecule has 0 fully saturated rings. The number of rotatable bonds is 5. The summed E-state index contributed by atoms with van der Waals surface area (Å²) in [6.45, 7) is 2.39. The predicted octanol–water partition coefficient (Wildman–Crippen LogP) is 2.11. The second-order valence-corrected chi connectivity index (χ2v) is 4.27. The first kappa shape index (κ1) is 11.7. The van der Waals surface area contributed by atoms with E-state index in [1.165, 1.54) is 24.8 Å². The minimum atomic E-state index is -0.00224. The fourth-order valence-electron chi connectivity index (χ4n) is 2.24. The average Bonchev–Trinajstić information content (AvgIpc) is 2.23. The van der Waals surface area contributed by atoms with E-state index in [0.29, 0.717) is 0 Å². The molecule has 0 aromatic carbocycles. The van der Waals surface area contributed by atoms with Crippen LogP contribution >= 0.6 is 0 Å². The van der Waals surface area contributed by atoms with Crippen molar-refractivity contribution in [3.63, 3.8) is 0 Å². The third-order valence-electron chi connectivity index (χ3n) is 3.22. The van der Waals surface area contributed by atoms with Crippen LogP contribution in [0.2, 0.25) is 0 Å². The van der Waals surface area contributed by atoms with E-state index in [1.54, 1.807) is 0 Å². The molecule has 0 bridgehead atoms. The largest absolute Gasteiger partial charge is 0.396 e. The van der Waals surface area contributed by atoms with Gasteiger partial charge in [-0.2, -0.15) is 0 Å². The lowest BCUT2D eigenvalue weighted by Crippen LogP contribution is -2.17. The highest BCUT2D eigenvalue weighted by Gasteiger charge is 2.18. The molecule has 0 radical (unpaired) electrons. The van der Waals surface area contributed by atoms with Gasteiger partial charge < -0.3 is 10.2 Å². The Kier molecular flexibility index (Phi) is 5.20. The number of allylic oxidation sites excluding steroid dienone is 1. The Labute approximate surface area is 86.6 Å². The summed E-state index contributed by atoms with van der Waals surface area (Å²) >= 11 is 0. The van der Waals surface area contributed by atoms with Crippen molar-refractivity contribution in [2.75, 3.05) is 13.2 Å². The minimum absolute atomic E-state index is 0.00224. The topological polar surface area (TPSA) is 40.5 Å². The van der Waals surface area contributed by atoms with Gasteiger partial charge in [0.25, 0.3) is 0 Å². The number of hydrogen-bond donors (Lipinski definition) is 2. The molecule has 2 nitrogen and oxygen atoms in total. The maximum atomic E-state index is 9.05. The van der Waals surface area contributed by atoms with E-state index in [1.807, 2.05) is 0 Å². The maximum absolute atomic E-state index is 9.05. The molecule has 1 atom stereocenters. The van der Waals surface area contributed by atoms with Gasteiger partial charge in [-0.3, -0.25) is 0 Å². The zero-order chi connectivity index (χ0) is 10.4. The van der Waals surface area contributed by atoms with Gasteiger partial charge in [0.1, 0.15) is 0 Å². The lowest BCUT2D eigenvalue weighted by molar-refractivity contribution is 0.166. The minimum Gasteiger partial charge on any atom is -0.396 e. The van der Waals surface area contributed by atoms with Crippen LogP contribution in [0.15, 0.2) is 11.6 Å². The van der Waals surface area contributed by atoms with Crippen molar-refractivity contribution in [3.8, 4) is 0 Å². The Bertz CT molecular complexity index is 183. The first-order chi connectivity index (χ1) is 6.81. The van der Waals surface area contributed by atoms with Gasteiger partial charge in [0, 0.05) is 5.92 Å². The molecule has 2 N–H and O–H groups in total. The molecule has 0 saturated carbocycles. The number of aliphatic hydroxyl groups excluding tert-OH is 2. The van der Waals surface area contributed by atoms with E-state index < -0.39 is 0 Å². The Morgan fingerprint density at radius 1 is 1.43 bits per heavy atom. The molecular weight excluding hydrogens is 176 g/mol. The fraction of sp³-hybridized carbons (Fsp3) is 0.833. The van der Waals surface area contributed by atoms with Crippen molar-refractivity contribution in [3.05, 3.63) is 11.6 Å². The molecule has 14 heavy (non-hydrogen) atoms. The van der Waals surface area contributed by atoms with Crippen molar-refractivity contribution in [2.24, 2.45) is 11.8 Å². The molecule has 0 aliphatic heterocycles. The summed E-state index contributed by atoms with van der Waals surface area (Å²) in [5, 5.41) is 18.1. The quantitative estimate of drug-likeness (QED) is 0.664. The molecule has 82 valence electrons. The summed E-state index contributed by atoms with van der Waals surface area (Å²) in [4.78, 5) is 0. The predicted molar refractivity (Wildman–Crippen MR) is 58.0 cm³/mol. The highest BCUT2D eigenvalue weighted by atomic mass is 16.3. The van der Waals surface area contributed by atoms with Crippen molar-refractivity contribution in [1.29, 1.82) is 0 Å². The molecule has 1 rings (SSSR count). The lowest BCUT2D eigenvalue weighted by atomic mass is 9.82. The molecule has 0 amide bonds. The van der Waals surface area contributed by atoms with Crippen LogP contribution in [-0.4, -0.2) is 23.4 Å². The Morgan fingerprint density at radius 2 is 2.14 bits per heavy atom. The molecule has 2 heteroatoms. The second kappa shape index (κ2) is 6.20. The SMILES string of the molecule is CCCC1CC=C(C(CO)CO)CC1. The molecule has 1 unspecified atom stereocenters. The van der Waals surface area contributed by atoms with Crippen LogP contribution in [0.4, 0.5) is 0 Å². The van der Waals surface area contributed by atoms with Crippen molar-refractivity contribution in [2.45, 2.75) is 39.0 Å². The van der Waals surface area contributed by atoms with Crippen LogP contribution in [0.1, 0.15) is 39.0 Å². The summed E-state index contributed by atoms with van der Waals surface area (Å²) in [6.07, 6.45) is 8.25. The summed E-state index contributed by atoms with van der Waals surface area (Å²) < 4.78 is 0.